The van der Waals surface area contributed by atoms with Gasteiger partial charge in [-0.2, -0.15) is 0 Å². The fourth-order valence-corrected chi connectivity index (χ4v) is 3.94. The third kappa shape index (κ3) is 5.63. The molecule has 4 rings (SSSR count). The van der Waals surface area contributed by atoms with Gasteiger partial charge in [-0.1, -0.05) is 23.7 Å². The molecule has 3 aromatic rings. The van der Waals surface area contributed by atoms with Gasteiger partial charge in [-0.15, -0.1) is 0 Å². The van der Waals surface area contributed by atoms with Crippen molar-refractivity contribution in [2.24, 2.45) is 5.92 Å². The monoisotopic (exact) mass is 493 g/mol. The van der Waals surface area contributed by atoms with Crippen LogP contribution in [0.15, 0.2) is 72.8 Å². The molecule has 0 aliphatic carbocycles. The van der Waals surface area contributed by atoms with Crippen molar-refractivity contribution in [3.8, 4) is 17.2 Å². The van der Waals surface area contributed by atoms with Gasteiger partial charge in [0.15, 0.2) is 17.6 Å². The van der Waals surface area contributed by atoms with Crippen LogP contribution in [-0.2, 0) is 14.3 Å². The number of nitrogens with zero attached hydrogens (tertiary/aromatic N) is 1. The quantitative estimate of drug-likeness (QED) is 0.312. The van der Waals surface area contributed by atoms with Crippen LogP contribution in [0.4, 0.5) is 5.69 Å². The minimum absolute atomic E-state index is 0.0140. The number of Topliss-reactive ketones (excluding diaryl/α,β-unsaturated/α-hetero) is 1. The molecule has 1 saturated heterocycles. The summed E-state index contributed by atoms with van der Waals surface area (Å²) in [5.74, 6) is 0.0000139. The minimum Gasteiger partial charge on any atom is -0.493 e. The Morgan fingerprint density at radius 2 is 1.63 bits per heavy atom. The van der Waals surface area contributed by atoms with Crippen molar-refractivity contribution < 1.29 is 28.6 Å². The third-order valence-corrected chi connectivity index (χ3v) is 5.95. The maximum absolute atomic E-state index is 12.7. The van der Waals surface area contributed by atoms with E-state index in [0.29, 0.717) is 33.5 Å². The number of hydrogen-bond donors (Lipinski definition) is 0. The first-order chi connectivity index (χ1) is 16.9. The van der Waals surface area contributed by atoms with Crippen LogP contribution in [0.25, 0.3) is 0 Å². The van der Waals surface area contributed by atoms with E-state index >= 15 is 0 Å². The van der Waals surface area contributed by atoms with Gasteiger partial charge in [-0.3, -0.25) is 14.4 Å². The number of amides is 1. The second-order valence-corrected chi connectivity index (χ2v) is 8.54. The summed E-state index contributed by atoms with van der Waals surface area (Å²) in [6.45, 7) is 1.69. The smallest absolute Gasteiger partial charge is 0.312 e. The standard InChI is InChI=1S/C27H24ClNO6/c1-17(26(31)18-7-9-20(28)10-8-18)34-27(32)19-15-25(30)29(16-19)21-11-13-22(14-12-21)35-24-6-4-3-5-23(24)33-2/h3-14,17,19H,15-16H2,1-2H3/t17-,19-/m0/s1. The van der Waals surface area contributed by atoms with Crippen LogP contribution in [0.2, 0.25) is 5.02 Å². The van der Waals surface area contributed by atoms with Crippen LogP contribution in [0.3, 0.4) is 0 Å². The maximum atomic E-state index is 12.7. The fourth-order valence-electron chi connectivity index (χ4n) is 3.81. The Kier molecular flexibility index (Phi) is 7.36. The fraction of sp³-hybridized carbons (Fsp3) is 0.222. The number of benzene rings is 3. The van der Waals surface area contributed by atoms with Gasteiger partial charge in [-0.25, -0.2) is 0 Å². The molecule has 1 aliphatic rings. The summed E-state index contributed by atoms with van der Waals surface area (Å²) in [7, 11) is 1.57. The largest absolute Gasteiger partial charge is 0.493 e. The van der Waals surface area contributed by atoms with Gasteiger partial charge < -0.3 is 19.1 Å². The van der Waals surface area contributed by atoms with Crippen LogP contribution >= 0.6 is 11.6 Å². The molecule has 7 nitrogen and oxygen atoms in total. The molecule has 1 heterocycles. The van der Waals surface area contributed by atoms with Gasteiger partial charge in [0.1, 0.15) is 5.75 Å². The van der Waals surface area contributed by atoms with E-state index in [9.17, 15) is 14.4 Å². The molecule has 1 amide bonds. The number of halogens is 1. The van der Waals surface area contributed by atoms with E-state index in [1.807, 2.05) is 12.1 Å². The lowest BCUT2D eigenvalue weighted by Crippen LogP contribution is -2.30. The van der Waals surface area contributed by atoms with Gasteiger partial charge in [0.05, 0.1) is 13.0 Å². The van der Waals surface area contributed by atoms with Crippen molar-refractivity contribution >= 4 is 34.9 Å². The molecule has 1 fully saturated rings. The minimum atomic E-state index is -0.973. The van der Waals surface area contributed by atoms with E-state index in [-0.39, 0.29) is 24.7 Å². The average molecular weight is 494 g/mol. The Labute approximate surface area is 208 Å². The number of anilines is 1. The van der Waals surface area contributed by atoms with Crippen molar-refractivity contribution in [1.29, 1.82) is 0 Å². The highest BCUT2D eigenvalue weighted by molar-refractivity contribution is 6.30. The SMILES string of the molecule is COc1ccccc1Oc1ccc(N2C[C@@H](C(=O)O[C@@H](C)C(=O)c3ccc(Cl)cc3)CC2=O)cc1. The number of esters is 1. The summed E-state index contributed by atoms with van der Waals surface area (Å²) in [6.07, 6.45) is -0.959. The van der Waals surface area contributed by atoms with E-state index in [0.717, 1.165) is 0 Å². The molecule has 180 valence electrons. The lowest BCUT2D eigenvalue weighted by molar-refractivity contribution is -0.151. The molecule has 35 heavy (non-hydrogen) atoms. The highest BCUT2D eigenvalue weighted by atomic mass is 35.5. The molecule has 3 aromatic carbocycles. The number of carbonyl (C=O) groups is 3. The average Bonchev–Trinajstić information content (AvgIpc) is 3.26. The Morgan fingerprint density at radius 3 is 2.29 bits per heavy atom. The van der Waals surface area contributed by atoms with Crippen LogP contribution in [0, 0.1) is 5.92 Å². The number of hydrogen-bond acceptors (Lipinski definition) is 6. The number of ether oxygens (including phenoxy) is 3. The molecule has 1 aliphatic heterocycles. The highest BCUT2D eigenvalue weighted by Crippen LogP contribution is 2.33. The predicted octanol–water partition coefficient (Wildman–Crippen LogP) is 5.31. The molecule has 8 heteroatoms. The molecular weight excluding hydrogens is 470 g/mol. The topological polar surface area (TPSA) is 82.1 Å². The van der Waals surface area contributed by atoms with Crippen molar-refractivity contribution in [3.63, 3.8) is 0 Å². The first-order valence-electron chi connectivity index (χ1n) is 11.1. The van der Waals surface area contributed by atoms with Crippen molar-refractivity contribution in [2.45, 2.75) is 19.4 Å². The zero-order chi connectivity index (χ0) is 24.9. The molecule has 0 bridgehead atoms. The molecule has 0 saturated carbocycles. The van der Waals surface area contributed by atoms with Crippen LogP contribution < -0.4 is 14.4 Å². The molecule has 0 radical (unpaired) electrons. The predicted molar refractivity (Wildman–Crippen MR) is 131 cm³/mol. The molecule has 2 atom stereocenters. The zero-order valence-corrected chi connectivity index (χ0v) is 20.0. The van der Waals surface area contributed by atoms with Crippen molar-refractivity contribution in [3.05, 3.63) is 83.4 Å². The van der Waals surface area contributed by atoms with Gasteiger partial charge in [0.2, 0.25) is 11.7 Å². The van der Waals surface area contributed by atoms with Gasteiger partial charge in [0.25, 0.3) is 0 Å². The van der Waals surface area contributed by atoms with Crippen molar-refractivity contribution in [1.82, 2.24) is 0 Å². The molecule has 0 spiro atoms. The number of methoxy groups -OCH3 is 1. The Balaban J connectivity index is 1.37. The summed E-state index contributed by atoms with van der Waals surface area (Å²) < 4.78 is 16.6. The zero-order valence-electron chi connectivity index (χ0n) is 19.3. The molecule has 0 N–H and O–H groups in total. The number of carbonyl (C=O) groups excluding carboxylic acids is 3. The Bertz CT molecular complexity index is 1230. The lowest BCUT2D eigenvalue weighted by Gasteiger charge is -2.18. The number of ketones is 1. The maximum Gasteiger partial charge on any atom is 0.312 e. The van der Waals surface area contributed by atoms with Gasteiger partial charge in [-0.05, 0) is 67.6 Å². The van der Waals surface area contributed by atoms with E-state index in [2.05, 4.69) is 0 Å². The first-order valence-corrected chi connectivity index (χ1v) is 11.4. The number of rotatable bonds is 8. The lowest BCUT2D eigenvalue weighted by atomic mass is 10.1. The van der Waals surface area contributed by atoms with Crippen LogP contribution in [0.1, 0.15) is 23.7 Å². The summed E-state index contributed by atoms with van der Waals surface area (Å²) in [5.41, 5.74) is 1.04. The van der Waals surface area contributed by atoms with Gasteiger partial charge >= 0.3 is 5.97 Å². The van der Waals surface area contributed by atoms with E-state index in [4.69, 9.17) is 25.8 Å². The summed E-state index contributed by atoms with van der Waals surface area (Å²) in [4.78, 5) is 39.4. The molecule has 0 unspecified atom stereocenters. The summed E-state index contributed by atoms with van der Waals surface area (Å²) in [6, 6.07) is 20.7. The first kappa shape index (κ1) is 24.3. The summed E-state index contributed by atoms with van der Waals surface area (Å²) in [5, 5.41) is 0.509. The highest BCUT2D eigenvalue weighted by Gasteiger charge is 2.37. The summed E-state index contributed by atoms with van der Waals surface area (Å²) >= 11 is 5.86. The Hall–Kier alpha value is -3.84. The van der Waals surface area contributed by atoms with Gasteiger partial charge in [0, 0.05) is 29.2 Å². The van der Waals surface area contributed by atoms with E-state index in [1.165, 1.54) is 11.8 Å². The second kappa shape index (κ2) is 10.6. The van der Waals surface area contributed by atoms with Crippen LogP contribution in [0.5, 0.6) is 17.2 Å². The van der Waals surface area contributed by atoms with Crippen LogP contribution in [-0.4, -0.2) is 37.4 Å². The number of para-hydroxylation sites is 2. The molecular formula is C27H24ClNO6. The van der Waals surface area contributed by atoms with E-state index in [1.54, 1.807) is 67.8 Å². The Morgan fingerprint density at radius 1 is 0.971 bits per heavy atom. The molecule has 0 aromatic heterocycles. The third-order valence-electron chi connectivity index (χ3n) is 5.69. The normalized spacial score (nSPS) is 16.0. The van der Waals surface area contributed by atoms with Crippen molar-refractivity contribution in [2.75, 3.05) is 18.6 Å². The van der Waals surface area contributed by atoms with E-state index < -0.39 is 18.0 Å². The second-order valence-electron chi connectivity index (χ2n) is 8.10.